The lowest BCUT2D eigenvalue weighted by molar-refractivity contribution is 0.481. The second-order valence-corrected chi connectivity index (χ2v) is 6.30. The first-order valence-electron chi connectivity index (χ1n) is 7.51. The second kappa shape index (κ2) is 6.08. The molecule has 0 radical (unpaired) electrons. The molecular formula is C16H12N6O3S. The fourth-order valence-corrected chi connectivity index (χ4v) is 3.14. The molecule has 0 atom stereocenters. The largest absolute Gasteiger partial charge is 0.506 e. The predicted molar refractivity (Wildman–Crippen MR) is 97.6 cm³/mol. The smallest absolute Gasteiger partial charge is 0.292 e. The molecule has 1 aromatic carbocycles. The van der Waals surface area contributed by atoms with E-state index in [1.807, 2.05) is 0 Å². The molecule has 9 nitrogen and oxygen atoms in total. The molecule has 4 aromatic rings. The number of nitrogens with one attached hydrogen (secondary N) is 2. The minimum atomic E-state index is -0.560. The maximum Gasteiger partial charge on any atom is 0.292 e. The zero-order valence-electron chi connectivity index (χ0n) is 13.4. The van der Waals surface area contributed by atoms with E-state index in [0.717, 1.165) is 0 Å². The fourth-order valence-electron chi connectivity index (χ4n) is 2.69. The van der Waals surface area contributed by atoms with Crippen LogP contribution in [-0.4, -0.2) is 24.9 Å². The molecular weight excluding hydrogens is 356 g/mol. The lowest BCUT2D eigenvalue weighted by Crippen LogP contribution is -2.19. The summed E-state index contributed by atoms with van der Waals surface area (Å²) in [6.07, 6.45) is 1.56. The highest BCUT2D eigenvalue weighted by molar-refractivity contribution is 7.13. The molecule has 0 aliphatic heterocycles. The standard InChI is InChI=1S/C16H12N6O3S/c1-22-9-5-3-2-4-8(9)13(23)10(15(22)25)11-12(14(24)20-18-11)19-21-16-17-6-7-26-16/h2-7,23H,1H3,(H2,18,20,24). The Morgan fingerprint density at radius 1 is 1.19 bits per heavy atom. The number of aromatic amines is 2. The number of para-hydroxylation sites is 1. The van der Waals surface area contributed by atoms with Gasteiger partial charge < -0.3 is 9.67 Å². The van der Waals surface area contributed by atoms with Crippen LogP contribution in [0.1, 0.15) is 0 Å². The topological polar surface area (TPSA) is 128 Å². The van der Waals surface area contributed by atoms with Crippen molar-refractivity contribution in [2.24, 2.45) is 17.3 Å². The number of fused-ring (bicyclic) bond motifs is 1. The van der Waals surface area contributed by atoms with Gasteiger partial charge in [-0.05, 0) is 12.1 Å². The second-order valence-electron chi connectivity index (χ2n) is 5.42. The van der Waals surface area contributed by atoms with Crippen LogP contribution >= 0.6 is 11.3 Å². The van der Waals surface area contributed by atoms with Gasteiger partial charge in [0.15, 0.2) is 5.69 Å². The molecule has 4 rings (SSSR count). The van der Waals surface area contributed by atoms with Crippen LogP contribution in [0.4, 0.5) is 10.8 Å². The highest BCUT2D eigenvalue weighted by Crippen LogP contribution is 2.35. The molecule has 26 heavy (non-hydrogen) atoms. The zero-order valence-corrected chi connectivity index (χ0v) is 14.2. The molecule has 3 N–H and O–H groups in total. The highest BCUT2D eigenvalue weighted by Gasteiger charge is 2.22. The van der Waals surface area contributed by atoms with E-state index in [0.29, 0.717) is 16.0 Å². The summed E-state index contributed by atoms with van der Waals surface area (Å²) in [6, 6.07) is 6.93. The summed E-state index contributed by atoms with van der Waals surface area (Å²) in [7, 11) is 1.59. The van der Waals surface area contributed by atoms with Crippen LogP contribution in [0, 0.1) is 0 Å². The van der Waals surface area contributed by atoms with E-state index < -0.39 is 11.1 Å². The van der Waals surface area contributed by atoms with E-state index in [2.05, 4.69) is 25.4 Å². The Balaban J connectivity index is 1.98. The van der Waals surface area contributed by atoms with Crippen molar-refractivity contribution in [2.75, 3.05) is 0 Å². The van der Waals surface area contributed by atoms with Gasteiger partial charge in [-0.25, -0.2) is 4.98 Å². The number of azo groups is 1. The van der Waals surface area contributed by atoms with Crippen LogP contribution in [0.5, 0.6) is 5.75 Å². The van der Waals surface area contributed by atoms with Crippen molar-refractivity contribution in [3.63, 3.8) is 0 Å². The summed E-state index contributed by atoms with van der Waals surface area (Å²) in [5.41, 5.74) is -0.556. The number of rotatable bonds is 3. The van der Waals surface area contributed by atoms with Gasteiger partial charge in [0.2, 0.25) is 5.13 Å². The maximum absolute atomic E-state index is 12.8. The summed E-state index contributed by atoms with van der Waals surface area (Å²) in [5, 5.41) is 26.0. The Morgan fingerprint density at radius 2 is 2.00 bits per heavy atom. The molecule has 0 aliphatic rings. The Morgan fingerprint density at radius 3 is 2.77 bits per heavy atom. The first-order chi connectivity index (χ1) is 12.6. The van der Waals surface area contributed by atoms with E-state index in [1.165, 1.54) is 15.9 Å². The number of nitrogens with zero attached hydrogens (tertiary/aromatic N) is 4. The Labute approximate surface area is 149 Å². The van der Waals surface area contributed by atoms with E-state index in [9.17, 15) is 14.7 Å². The van der Waals surface area contributed by atoms with Crippen molar-refractivity contribution in [3.8, 4) is 17.0 Å². The van der Waals surface area contributed by atoms with Crippen LogP contribution in [0.3, 0.4) is 0 Å². The van der Waals surface area contributed by atoms with Gasteiger partial charge in [-0.2, -0.15) is 0 Å². The first kappa shape index (κ1) is 16.0. The number of hydrogen-bond acceptors (Lipinski definition) is 7. The zero-order chi connectivity index (χ0) is 18.3. The van der Waals surface area contributed by atoms with Crippen molar-refractivity contribution in [3.05, 3.63) is 56.5 Å². The highest BCUT2D eigenvalue weighted by atomic mass is 32.1. The number of thiazole rings is 1. The molecule has 3 aromatic heterocycles. The summed E-state index contributed by atoms with van der Waals surface area (Å²) in [4.78, 5) is 28.8. The third kappa shape index (κ3) is 2.43. The predicted octanol–water partition coefficient (Wildman–Crippen LogP) is 2.80. The minimum Gasteiger partial charge on any atom is -0.506 e. The summed E-state index contributed by atoms with van der Waals surface area (Å²) in [6.45, 7) is 0. The molecule has 0 spiro atoms. The van der Waals surface area contributed by atoms with Crippen LogP contribution in [-0.2, 0) is 7.05 Å². The first-order valence-corrected chi connectivity index (χ1v) is 8.39. The molecule has 0 aliphatic carbocycles. The molecule has 0 saturated carbocycles. The molecule has 0 saturated heterocycles. The van der Waals surface area contributed by atoms with Gasteiger partial charge in [-0.1, -0.05) is 12.1 Å². The van der Waals surface area contributed by atoms with Crippen molar-refractivity contribution in [1.82, 2.24) is 19.7 Å². The van der Waals surface area contributed by atoms with E-state index >= 15 is 0 Å². The molecule has 10 heteroatoms. The Hall–Kier alpha value is -3.53. The maximum atomic E-state index is 12.8. The van der Waals surface area contributed by atoms with Gasteiger partial charge in [0.1, 0.15) is 17.0 Å². The average Bonchev–Trinajstić information content (AvgIpc) is 3.29. The number of H-pyrrole nitrogens is 2. The SMILES string of the molecule is Cn1c(=O)c(-c2[nH][nH]c(=O)c2N=Nc2nccs2)c(O)c2ccccc21. The van der Waals surface area contributed by atoms with Gasteiger partial charge in [-0.15, -0.1) is 21.6 Å². The van der Waals surface area contributed by atoms with Crippen molar-refractivity contribution in [1.29, 1.82) is 0 Å². The van der Waals surface area contributed by atoms with Crippen LogP contribution < -0.4 is 11.1 Å². The number of hydrogen-bond donors (Lipinski definition) is 3. The fraction of sp³-hybridized carbons (Fsp3) is 0.0625. The lowest BCUT2D eigenvalue weighted by Gasteiger charge is -2.10. The molecule has 0 bridgehead atoms. The van der Waals surface area contributed by atoms with E-state index in [1.54, 1.807) is 42.9 Å². The third-order valence-corrected chi connectivity index (χ3v) is 4.59. The Kier molecular flexibility index (Phi) is 3.73. The summed E-state index contributed by atoms with van der Waals surface area (Å²) >= 11 is 1.25. The molecule has 0 fully saturated rings. The summed E-state index contributed by atoms with van der Waals surface area (Å²) < 4.78 is 1.40. The van der Waals surface area contributed by atoms with Gasteiger partial charge in [-0.3, -0.25) is 19.8 Å². The third-order valence-electron chi connectivity index (χ3n) is 3.93. The lowest BCUT2D eigenvalue weighted by atomic mass is 10.1. The Bertz CT molecular complexity index is 1250. The van der Waals surface area contributed by atoms with Crippen molar-refractivity contribution < 1.29 is 5.11 Å². The van der Waals surface area contributed by atoms with Crippen LogP contribution in [0.25, 0.3) is 22.2 Å². The number of benzene rings is 1. The summed E-state index contributed by atoms with van der Waals surface area (Å²) in [5.74, 6) is -0.232. The van der Waals surface area contributed by atoms with Crippen molar-refractivity contribution >= 4 is 33.1 Å². The number of aromatic nitrogens is 4. The molecule has 130 valence electrons. The number of pyridine rings is 1. The van der Waals surface area contributed by atoms with Gasteiger partial charge in [0, 0.05) is 24.0 Å². The van der Waals surface area contributed by atoms with Gasteiger partial charge >= 0.3 is 0 Å². The minimum absolute atomic E-state index is 0.0577. The quantitative estimate of drug-likeness (QED) is 0.480. The molecule has 0 amide bonds. The van der Waals surface area contributed by atoms with Crippen LogP contribution in [0.15, 0.2) is 55.7 Å². The van der Waals surface area contributed by atoms with Gasteiger partial charge in [0.25, 0.3) is 11.1 Å². The average molecular weight is 368 g/mol. The number of aryl methyl sites for hydroxylation is 1. The normalized spacial score (nSPS) is 11.6. The molecule has 3 heterocycles. The molecule has 0 unspecified atom stereocenters. The van der Waals surface area contributed by atoms with Crippen molar-refractivity contribution in [2.45, 2.75) is 0 Å². The van der Waals surface area contributed by atoms with Crippen LogP contribution in [0.2, 0.25) is 0 Å². The van der Waals surface area contributed by atoms with E-state index in [-0.39, 0.29) is 22.7 Å². The monoisotopic (exact) mass is 368 g/mol. The van der Waals surface area contributed by atoms with Gasteiger partial charge in [0.05, 0.1) is 5.52 Å². The number of aromatic hydroxyl groups is 1. The van der Waals surface area contributed by atoms with E-state index in [4.69, 9.17) is 0 Å².